The molecule has 0 spiro atoms. The zero-order valence-corrected chi connectivity index (χ0v) is 14.4. The number of nitrogen functional groups attached to an aromatic ring is 1. The number of nitrogens with one attached hydrogen (secondary N) is 1. The van der Waals surface area contributed by atoms with E-state index in [4.69, 9.17) is 22.1 Å². The molecular weight excluding hydrogens is 340 g/mol. The maximum Gasteiger partial charge on any atom is 0.264 e. The second-order valence-electron chi connectivity index (χ2n) is 6.30. The lowest BCUT2D eigenvalue weighted by molar-refractivity contribution is -0.138. The SMILES string of the molecule is Nc1cc(-c2cc(Cl)cc3c2O[C@@H](C(=O)N2CCNCC2)C3)ccn1. The summed E-state index contributed by atoms with van der Waals surface area (Å²) >= 11 is 6.29. The molecule has 6 nitrogen and oxygen atoms in total. The molecule has 4 rings (SSSR count). The number of amides is 1. The van der Waals surface area contributed by atoms with Crippen molar-refractivity contribution in [1.82, 2.24) is 15.2 Å². The highest BCUT2D eigenvalue weighted by molar-refractivity contribution is 6.31. The van der Waals surface area contributed by atoms with Crippen molar-refractivity contribution in [2.45, 2.75) is 12.5 Å². The van der Waals surface area contributed by atoms with Crippen molar-refractivity contribution in [1.29, 1.82) is 0 Å². The summed E-state index contributed by atoms with van der Waals surface area (Å²) in [4.78, 5) is 18.6. The normalized spacial score (nSPS) is 19.4. The van der Waals surface area contributed by atoms with Gasteiger partial charge in [-0.15, -0.1) is 0 Å². The van der Waals surface area contributed by atoms with Gasteiger partial charge in [-0.05, 0) is 29.8 Å². The molecule has 1 aromatic carbocycles. The van der Waals surface area contributed by atoms with E-state index in [0.717, 1.165) is 29.8 Å². The van der Waals surface area contributed by atoms with Gasteiger partial charge in [-0.1, -0.05) is 11.6 Å². The van der Waals surface area contributed by atoms with Crippen LogP contribution in [0.2, 0.25) is 5.02 Å². The Labute approximate surface area is 150 Å². The minimum Gasteiger partial charge on any atom is -0.479 e. The number of hydrogen-bond donors (Lipinski definition) is 2. The van der Waals surface area contributed by atoms with Crippen molar-refractivity contribution in [2.75, 3.05) is 31.9 Å². The molecule has 1 amide bonds. The number of carbonyl (C=O) groups excluding carboxylic acids is 1. The number of ether oxygens (including phenoxy) is 1. The molecule has 1 saturated heterocycles. The highest BCUT2D eigenvalue weighted by Gasteiger charge is 2.34. The molecule has 1 atom stereocenters. The topological polar surface area (TPSA) is 80.5 Å². The van der Waals surface area contributed by atoms with Crippen molar-refractivity contribution in [3.05, 3.63) is 41.0 Å². The van der Waals surface area contributed by atoms with E-state index in [0.29, 0.717) is 36.1 Å². The first-order valence-electron chi connectivity index (χ1n) is 8.32. The van der Waals surface area contributed by atoms with Crippen LogP contribution >= 0.6 is 11.6 Å². The molecule has 3 N–H and O–H groups in total. The summed E-state index contributed by atoms with van der Waals surface area (Å²) in [5, 5.41) is 3.86. The van der Waals surface area contributed by atoms with Gasteiger partial charge in [-0.2, -0.15) is 0 Å². The first-order valence-corrected chi connectivity index (χ1v) is 8.70. The third kappa shape index (κ3) is 3.15. The van der Waals surface area contributed by atoms with Crippen LogP contribution in [0.15, 0.2) is 30.5 Å². The van der Waals surface area contributed by atoms with E-state index in [1.807, 2.05) is 23.1 Å². The molecule has 0 unspecified atom stereocenters. The van der Waals surface area contributed by atoms with E-state index in [2.05, 4.69) is 10.3 Å². The lowest BCUT2D eigenvalue weighted by Crippen LogP contribution is -2.50. The number of piperazine rings is 1. The molecule has 1 fully saturated rings. The summed E-state index contributed by atoms with van der Waals surface area (Å²) in [6.07, 6.45) is 1.69. The number of carbonyl (C=O) groups is 1. The maximum atomic E-state index is 12.8. The Morgan fingerprint density at radius 3 is 2.88 bits per heavy atom. The summed E-state index contributed by atoms with van der Waals surface area (Å²) < 4.78 is 6.07. The van der Waals surface area contributed by atoms with E-state index < -0.39 is 6.10 Å². The average Bonchev–Trinajstić information content (AvgIpc) is 3.05. The maximum absolute atomic E-state index is 12.8. The van der Waals surface area contributed by atoms with Gasteiger partial charge in [0.15, 0.2) is 6.10 Å². The van der Waals surface area contributed by atoms with Crippen LogP contribution in [0.5, 0.6) is 5.75 Å². The molecule has 2 aromatic rings. The zero-order chi connectivity index (χ0) is 17.4. The summed E-state index contributed by atoms with van der Waals surface area (Å²) in [6.45, 7) is 3.06. The van der Waals surface area contributed by atoms with Gasteiger partial charge in [-0.3, -0.25) is 4.79 Å². The molecule has 2 aliphatic heterocycles. The monoisotopic (exact) mass is 358 g/mol. The Morgan fingerprint density at radius 1 is 1.32 bits per heavy atom. The third-order valence-corrected chi connectivity index (χ3v) is 4.81. The van der Waals surface area contributed by atoms with Crippen LogP contribution in [0, 0.1) is 0 Å². The van der Waals surface area contributed by atoms with Crippen LogP contribution in [0.25, 0.3) is 11.1 Å². The zero-order valence-electron chi connectivity index (χ0n) is 13.7. The van der Waals surface area contributed by atoms with Gasteiger partial charge < -0.3 is 20.7 Å². The van der Waals surface area contributed by atoms with Gasteiger partial charge in [0.25, 0.3) is 5.91 Å². The van der Waals surface area contributed by atoms with Crippen LogP contribution in [-0.2, 0) is 11.2 Å². The fraction of sp³-hybridized carbons (Fsp3) is 0.333. The van der Waals surface area contributed by atoms with Crippen LogP contribution in [0.3, 0.4) is 0 Å². The van der Waals surface area contributed by atoms with E-state index in [-0.39, 0.29) is 5.91 Å². The van der Waals surface area contributed by atoms with Gasteiger partial charge in [-0.25, -0.2) is 4.98 Å². The van der Waals surface area contributed by atoms with Crippen molar-refractivity contribution >= 4 is 23.3 Å². The Hall–Kier alpha value is -2.31. The second-order valence-corrected chi connectivity index (χ2v) is 6.73. The number of anilines is 1. The second kappa shape index (κ2) is 6.54. The largest absolute Gasteiger partial charge is 0.479 e. The van der Waals surface area contributed by atoms with Gasteiger partial charge >= 0.3 is 0 Å². The standard InChI is InChI=1S/C18H19ClN4O2/c19-13-7-12-8-15(18(24)23-5-3-21-4-6-23)25-17(12)14(10-13)11-1-2-22-16(20)9-11/h1-2,7,9-10,15,21H,3-6,8H2,(H2,20,22)/t15-/m1/s1. The lowest BCUT2D eigenvalue weighted by Gasteiger charge is -2.29. The predicted molar refractivity (Wildman–Crippen MR) is 96.7 cm³/mol. The van der Waals surface area contributed by atoms with E-state index in [9.17, 15) is 4.79 Å². The molecule has 0 radical (unpaired) electrons. The molecule has 3 heterocycles. The summed E-state index contributed by atoms with van der Waals surface area (Å²) in [5.41, 5.74) is 8.47. The molecule has 0 aliphatic carbocycles. The van der Waals surface area contributed by atoms with Gasteiger partial charge in [0.05, 0.1) is 0 Å². The van der Waals surface area contributed by atoms with Crippen LogP contribution in [-0.4, -0.2) is 48.1 Å². The number of aromatic nitrogens is 1. The number of nitrogens with zero attached hydrogens (tertiary/aromatic N) is 2. The Morgan fingerprint density at radius 2 is 2.12 bits per heavy atom. The Kier molecular flexibility index (Phi) is 4.23. The number of halogens is 1. The number of hydrogen-bond acceptors (Lipinski definition) is 5. The lowest BCUT2D eigenvalue weighted by atomic mass is 10.0. The summed E-state index contributed by atoms with van der Waals surface area (Å²) in [6, 6.07) is 7.35. The Balaban J connectivity index is 1.64. The smallest absolute Gasteiger partial charge is 0.264 e. The third-order valence-electron chi connectivity index (χ3n) is 4.59. The van der Waals surface area contributed by atoms with Crippen molar-refractivity contribution < 1.29 is 9.53 Å². The fourth-order valence-electron chi connectivity index (χ4n) is 3.38. The molecule has 0 saturated carbocycles. The molecule has 25 heavy (non-hydrogen) atoms. The minimum atomic E-state index is -0.496. The van der Waals surface area contributed by atoms with Crippen molar-refractivity contribution in [3.8, 4) is 16.9 Å². The molecular formula is C18H19ClN4O2. The van der Waals surface area contributed by atoms with E-state index >= 15 is 0 Å². The van der Waals surface area contributed by atoms with Crippen LogP contribution < -0.4 is 15.8 Å². The minimum absolute atomic E-state index is 0.0361. The predicted octanol–water partition coefficient (Wildman–Crippen LogP) is 1.72. The van der Waals surface area contributed by atoms with E-state index in [1.54, 1.807) is 12.3 Å². The quantitative estimate of drug-likeness (QED) is 0.854. The molecule has 0 bridgehead atoms. The number of nitrogens with two attached hydrogens (primary N) is 1. The van der Waals surface area contributed by atoms with Gasteiger partial charge in [0.2, 0.25) is 0 Å². The molecule has 1 aromatic heterocycles. The number of benzene rings is 1. The highest BCUT2D eigenvalue weighted by atomic mass is 35.5. The van der Waals surface area contributed by atoms with Crippen LogP contribution in [0.1, 0.15) is 5.56 Å². The van der Waals surface area contributed by atoms with Crippen molar-refractivity contribution in [2.24, 2.45) is 0 Å². The first-order chi connectivity index (χ1) is 12.1. The highest BCUT2D eigenvalue weighted by Crippen LogP contribution is 2.41. The molecule has 7 heteroatoms. The number of pyridine rings is 1. The number of fused-ring (bicyclic) bond motifs is 1. The van der Waals surface area contributed by atoms with Gasteiger partial charge in [0.1, 0.15) is 11.6 Å². The molecule has 2 aliphatic rings. The van der Waals surface area contributed by atoms with Crippen LogP contribution in [0.4, 0.5) is 5.82 Å². The van der Waals surface area contributed by atoms with E-state index in [1.165, 1.54) is 0 Å². The number of rotatable bonds is 2. The summed E-state index contributed by atoms with van der Waals surface area (Å²) in [5.74, 6) is 1.18. The average molecular weight is 359 g/mol. The summed E-state index contributed by atoms with van der Waals surface area (Å²) in [7, 11) is 0. The Bertz CT molecular complexity index is 821. The van der Waals surface area contributed by atoms with Gasteiger partial charge in [0, 0.05) is 54.9 Å². The fourth-order valence-corrected chi connectivity index (χ4v) is 3.62. The molecule has 130 valence electrons. The first kappa shape index (κ1) is 16.2. The van der Waals surface area contributed by atoms with Crippen molar-refractivity contribution in [3.63, 3.8) is 0 Å².